The van der Waals surface area contributed by atoms with Gasteiger partial charge in [0.1, 0.15) is 0 Å². The molecule has 86 valence electrons. The molecule has 0 saturated carbocycles. The lowest BCUT2D eigenvalue weighted by molar-refractivity contribution is 0.0988. The number of carbonyl (C=O) groups excluding carboxylic acids is 1. The topological polar surface area (TPSA) is 32.3 Å². The third-order valence-corrected chi connectivity index (χ3v) is 2.99. The van der Waals surface area contributed by atoms with E-state index in [4.69, 9.17) is 0 Å². The molecule has 3 heteroatoms. The summed E-state index contributed by atoms with van der Waals surface area (Å²) in [5, 5.41) is 3.33. The minimum Gasteiger partial charge on any atom is -0.369 e. The monoisotopic (exact) mass is 218 g/mol. The zero-order valence-corrected chi connectivity index (χ0v) is 9.70. The maximum Gasteiger partial charge on any atom is 0.162 e. The van der Waals surface area contributed by atoms with E-state index in [9.17, 15) is 4.79 Å². The quantitative estimate of drug-likeness (QED) is 0.784. The number of hydrogen-bond acceptors (Lipinski definition) is 3. The van der Waals surface area contributed by atoms with Gasteiger partial charge in [0.15, 0.2) is 5.78 Å². The van der Waals surface area contributed by atoms with Crippen molar-refractivity contribution in [1.82, 2.24) is 5.32 Å². The number of rotatable bonds is 3. The number of carbonyl (C=O) groups is 1. The van der Waals surface area contributed by atoms with Gasteiger partial charge in [0.2, 0.25) is 0 Å². The number of nitrogens with one attached hydrogen (secondary N) is 1. The fourth-order valence-corrected chi connectivity index (χ4v) is 1.99. The maximum absolute atomic E-state index is 11.5. The van der Waals surface area contributed by atoms with Gasteiger partial charge in [-0.1, -0.05) is 6.92 Å². The van der Waals surface area contributed by atoms with Crippen LogP contribution in [0.3, 0.4) is 0 Å². The van der Waals surface area contributed by atoms with Gasteiger partial charge in [0.05, 0.1) is 0 Å². The number of ketones is 1. The summed E-state index contributed by atoms with van der Waals surface area (Å²) >= 11 is 0. The van der Waals surface area contributed by atoms with E-state index in [2.05, 4.69) is 10.2 Å². The molecule has 1 saturated heterocycles. The summed E-state index contributed by atoms with van der Waals surface area (Å²) in [6, 6.07) is 7.97. The van der Waals surface area contributed by atoms with E-state index >= 15 is 0 Å². The summed E-state index contributed by atoms with van der Waals surface area (Å²) in [4.78, 5) is 13.8. The fourth-order valence-electron chi connectivity index (χ4n) is 1.99. The second-order valence-corrected chi connectivity index (χ2v) is 4.06. The van der Waals surface area contributed by atoms with Crippen LogP contribution in [0.5, 0.6) is 0 Å². The molecule has 1 heterocycles. The first-order valence-electron chi connectivity index (χ1n) is 5.90. The molecule has 0 unspecified atom stereocenters. The number of Topliss-reactive ketones (excluding diaryl/α,β-unsaturated/α-hetero) is 1. The smallest absolute Gasteiger partial charge is 0.162 e. The van der Waals surface area contributed by atoms with Crippen molar-refractivity contribution in [3.8, 4) is 0 Å². The minimum absolute atomic E-state index is 0.215. The highest BCUT2D eigenvalue weighted by atomic mass is 16.1. The molecule has 0 atom stereocenters. The fraction of sp³-hybridized carbons (Fsp3) is 0.462. The lowest BCUT2D eigenvalue weighted by Gasteiger charge is -2.29. The van der Waals surface area contributed by atoms with Crippen molar-refractivity contribution in [2.75, 3.05) is 31.1 Å². The highest BCUT2D eigenvalue weighted by Gasteiger charge is 2.10. The highest BCUT2D eigenvalue weighted by molar-refractivity contribution is 5.96. The first-order valence-corrected chi connectivity index (χ1v) is 5.90. The lowest BCUT2D eigenvalue weighted by Crippen LogP contribution is -2.43. The molecule has 1 fully saturated rings. The molecule has 0 bridgehead atoms. The van der Waals surface area contributed by atoms with E-state index in [1.54, 1.807) is 0 Å². The zero-order chi connectivity index (χ0) is 11.4. The van der Waals surface area contributed by atoms with Crippen molar-refractivity contribution in [1.29, 1.82) is 0 Å². The molecular formula is C13H18N2O. The summed E-state index contributed by atoms with van der Waals surface area (Å²) in [6.07, 6.45) is 0.576. The van der Waals surface area contributed by atoms with Crippen molar-refractivity contribution in [3.05, 3.63) is 29.8 Å². The summed E-state index contributed by atoms with van der Waals surface area (Å²) in [5.74, 6) is 0.215. The van der Waals surface area contributed by atoms with Crippen LogP contribution in [0.4, 0.5) is 5.69 Å². The Morgan fingerprint density at radius 2 is 1.88 bits per heavy atom. The van der Waals surface area contributed by atoms with Gasteiger partial charge < -0.3 is 10.2 Å². The largest absolute Gasteiger partial charge is 0.369 e. The van der Waals surface area contributed by atoms with E-state index in [1.807, 2.05) is 31.2 Å². The molecule has 1 N–H and O–H groups in total. The summed E-state index contributed by atoms with van der Waals surface area (Å²) < 4.78 is 0. The second-order valence-electron chi connectivity index (χ2n) is 4.06. The highest BCUT2D eigenvalue weighted by Crippen LogP contribution is 2.16. The number of piperazine rings is 1. The van der Waals surface area contributed by atoms with Crippen molar-refractivity contribution < 1.29 is 4.79 Å². The van der Waals surface area contributed by atoms with Crippen LogP contribution in [0.2, 0.25) is 0 Å². The van der Waals surface area contributed by atoms with Crippen molar-refractivity contribution in [2.45, 2.75) is 13.3 Å². The maximum atomic E-state index is 11.5. The van der Waals surface area contributed by atoms with Gasteiger partial charge in [0.25, 0.3) is 0 Å². The Labute approximate surface area is 96.5 Å². The van der Waals surface area contributed by atoms with Crippen LogP contribution in [-0.4, -0.2) is 32.0 Å². The molecule has 1 aliphatic rings. The molecule has 1 aliphatic heterocycles. The van der Waals surface area contributed by atoms with Crippen LogP contribution in [0.1, 0.15) is 23.7 Å². The first-order chi connectivity index (χ1) is 7.81. The molecule has 0 aliphatic carbocycles. The van der Waals surface area contributed by atoms with Gasteiger partial charge >= 0.3 is 0 Å². The van der Waals surface area contributed by atoms with Crippen LogP contribution in [0.25, 0.3) is 0 Å². The average molecular weight is 218 g/mol. The zero-order valence-electron chi connectivity index (χ0n) is 9.70. The van der Waals surface area contributed by atoms with E-state index in [1.165, 1.54) is 5.69 Å². The molecule has 2 rings (SSSR count). The van der Waals surface area contributed by atoms with E-state index in [0.29, 0.717) is 6.42 Å². The number of nitrogens with zero attached hydrogens (tertiary/aromatic N) is 1. The molecule has 1 aromatic carbocycles. The number of anilines is 1. The Morgan fingerprint density at radius 3 is 2.44 bits per heavy atom. The summed E-state index contributed by atoms with van der Waals surface area (Å²) in [7, 11) is 0. The van der Waals surface area contributed by atoms with Gasteiger partial charge in [-0.05, 0) is 24.3 Å². The molecule has 0 spiro atoms. The standard InChI is InChI=1S/C13H18N2O/c1-2-13(16)11-3-5-12(6-4-11)15-9-7-14-8-10-15/h3-6,14H,2,7-10H2,1H3. The van der Waals surface area contributed by atoms with E-state index < -0.39 is 0 Å². The van der Waals surface area contributed by atoms with Gasteiger partial charge in [-0.2, -0.15) is 0 Å². The van der Waals surface area contributed by atoms with E-state index in [0.717, 1.165) is 31.7 Å². The normalized spacial score (nSPS) is 16.2. The summed E-state index contributed by atoms with van der Waals surface area (Å²) in [5.41, 5.74) is 2.04. The van der Waals surface area contributed by atoms with Crippen LogP contribution in [0, 0.1) is 0 Å². The number of hydrogen-bond donors (Lipinski definition) is 1. The first kappa shape index (κ1) is 11.1. The van der Waals surface area contributed by atoms with Crippen molar-refractivity contribution >= 4 is 11.5 Å². The van der Waals surface area contributed by atoms with Crippen molar-refractivity contribution in [3.63, 3.8) is 0 Å². The van der Waals surface area contributed by atoms with Gasteiger partial charge in [-0.3, -0.25) is 4.79 Å². The Bertz CT molecular complexity index is 353. The predicted octanol–water partition coefficient (Wildman–Crippen LogP) is 1.69. The second kappa shape index (κ2) is 5.12. The summed E-state index contributed by atoms with van der Waals surface area (Å²) in [6.45, 7) is 6.06. The SMILES string of the molecule is CCC(=O)c1ccc(N2CCNCC2)cc1. The third kappa shape index (κ3) is 2.42. The van der Waals surface area contributed by atoms with Gasteiger partial charge in [0, 0.05) is 43.9 Å². The molecule has 0 amide bonds. The van der Waals surface area contributed by atoms with E-state index in [-0.39, 0.29) is 5.78 Å². The molecule has 16 heavy (non-hydrogen) atoms. The average Bonchev–Trinajstić information content (AvgIpc) is 2.39. The Morgan fingerprint density at radius 1 is 1.25 bits per heavy atom. The van der Waals surface area contributed by atoms with Crippen LogP contribution in [-0.2, 0) is 0 Å². The van der Waals surface area contributed by atoms with Gasteiger partial charge in [-0.15, -0.1) is 0 Å². The lowest BCUT2D eigenvalue weighted by atomic mass is 10.1. The third-order valence-electron chi connectivity index (χ3n) is 2.99. The van der Waals surface area contributed by atoms with Crippen LogP contribution >= 0.6 is 0 Å². The molecule has 0 radical (unpaired) electrons. The van der Waals surface area contributed by atoms with Crippen LogP contribution in [0.15, 0.2) is 24.3 Å². The van der Waals surface area contributed by atoms with Gasteiger partial charge in [-0.25, -0.2) is 0 Å². The Kier molecular flexibility index (Phi) is 3.57. The molecule has 3 nitrogen and oxygen atoms in total. The molecule has 1 aromatic rings. The molecular weight excluding hydrogens is 200 g/mol. The Balaban J connectivity index is 2.09. The molecule has 0 aromatic heterocycles. The predicted molar refractivity (Wildman–Crippen MR) is 66.1 cm³/mol. The van der Waals surface area contributed by atoms with Crippen molar-refractivity contribution in [2.24, 2.45) is 0 Å². The van der Waals surface area contributed by atoms with Crippen LogP contribution < -0.4 is 10.2 Å². The number of benzene rings is 1. The Hall–Kier alpha value is -1.35. The minimum atomic E-state index is 0.215.